The predicted octanol–water partition coefficient (Wildman–Crippen LogP) is 10.5. The first-order valence-corrected chi connectivity index (χ1v) is 15.0. The van der Waals surface area contributed by atoms with E-state index in [1.165, 1.54) is 89.1 Å². The van der Waals surface area contributed by atoms with Crippen molar-refractivity contribution in [2.45, 2.75) is 84.1 Å². The van der Waals surface area contributed by atoms with Crippen molar-refractivity contribution in [2.75, 3.05) is 0 Å². The first-order chi connectivity index (χ1) is 18.1. The van der Waals surface area contributed by atoms with Crippen LogP contribution in [0.2, 0.25) is 0 Å². The minimum absolute atomic E-state index is 0.0690. The molecule has 0 heterocycles. The van der Waals surface area contributed by atoms with Crippen molar-refractivity contribution in [2.24, 2.45) is 0 Å². The smallest absolute Gasteiger partial charge is 0.252 e. The second-order valence-corrected chi connectivity index (χ2v) is 11.4. The first kappa shape index (κ1) is 26.0. The average Bonchev–Trinajstić information content (AvgIpc) is 2.92. The molecule has 5 rings (SSSR count). The summed E-state index contributed by atoms with van der Waals surface area (Å²) in [6, 6.07) is 21.8. The Labute approximate surface area is 229 Å². The van der Waals surface area contributed by atoms with E-state index < -0.39 is 0 Å². The SMILES string of the molecule is CCCCCCC(CCCCCC)NC(=O)c1ccc2c3cccc4c(Br)ccc(c5cccc1c52)c43. The minimum atomic E-state index is 0.0690. The van der Waals surface area contributed by atoms with Crippen molar-refractivity contribution in [3.63, 3.8) is 0 Å². The molecule has 192 valence electrons. The second-order valence-electron chi connectivity index (χ2n) is 10.6. The highest BCUT2D eigenvalue weighted by atomic mass is 79.9. The Hall–Kier alpha value is -2.65. The Balaban J connectivity index is 1.52. The van der Waals surface area contributed by atoms with E-state index >= 15 is 0 Å². The highest BCUT2D eigenvalue weighted by molar-refractivity contribution is 9.10. The van der Waals surface area contributed by atoms with Gasteiger partial charge in [0.2, 0.25) is 0 Å². The molecule has 0 unspecified atom stereocenters. The minimum Gasteiger partial charge on any atom is -0.349 e. The number of amides is 1. The van der Waals surface area contributed by atoms with E-state index in [0.717, 1.165) is 28.3 Å². The Morgan fingerprint density at radius 2 is 1.16 bits per heavy atom. The molecule has 5 aromatic rings. The maximum Gasteiger partial charge on any atom is 0.252 e. The van der Waals surface area contributed by atoms with Gasteiger partial charge in [0.05, 0.1) is 0 Å². The van der Waals surface area contributed by atoms with Crippen LogP contribution in [0.4, 0.5) is 0 Å². The lowest BCUT2D eigenvalue weighted by Crippen LogP contribution is -2.35. The molecular weight excluding hydrogens is 518 g/mol. The van der Waals surface area contributed by atoms with E-state index in [2.05, 4.69) is 89.7 Å². The summed E-state index contributed by atoms with van der Waals surface area (Å²) in [7, 11) is 0. The third-order valence-corrected chi connectivity index (χ3v) is 8.69. The maximum atomic E-state index is 13.7. The Bertz CT molecular complexity index is 1490. The topological polar surface area (TPSA) is 29.1 Å². The highest BCUT2D eigenvalue weighted by Crippen LogP contribution is 2.42. The summed E-state index contributed by atoms with van der Waals surface area (Å²) in [6.07, 6.45) is 12.0. The van der Waals surface area contributed by atoms with Gasteiger partial charge in [-0.05, 0) is 68.1 Å². The zero-order chi connectivity index (χ0) is 25.8. The summed E-state index contributed by atoms with van der Waals surface area (Å²) < 4.78 is 1.11. The molecule has 5 aromatic carbocycles. The first-order valence-electron chi connectivity index (χ1n) is 14.2. The summed E-state index contributed by atoms with van der Waals surface area (Å²) in [5.41, 5.74) is 0.792. The molecule has 0 bridgehead atoms. The van der Waals surface area contributed by atoms with Crippen LogP contribution in [0.25, 0.3) is 43.1 Å². The summed E-state index contributed by atoms with van der Waals surface area (Å²) >= 11 is 3.75. The second kappa shape index (κ2) is 11.8. The number of rotatable bonds is 12. The standard InChI is InChI=1S/C34H38BrNO/c1-3-5-7-9-13-23(14-10-8-6-4-2)36-34(37)29-20-19-27-25-16-12-18-30-31(35)22-21-28(33(25)30)24-15-11-17-26(29)32(24)27/h11-12,15-23H,3-10,13-14H2,1-2H3,(H,36,37). The molecule has 0 spiro atoms. The summed E-state index contributed by atoms with van der Waals surface area (Å²) in [4.78, 5) is 13.7. The molecule has 0 fully saturated rings. The van der Waals surface area contributed by atoms with Gasteiger partial charge >= 0.3 is 0 Å². The lowest BCUT2D eigenvalue weighted by atomic mass is 9.88. The number of carbonyl (C=O) groups is 1. The number of unbranched alkanes of at least 4 members (excludes halogenated alkanes) is 6. The van der Waals surface area contributed by atoms with Gasteiger partial charge in [-0.15, -0.1) is 0 Å². The van der Waals surface area contributed by atoms with E-state index in [0.29, 0.717) is 0 Å². The van der Waals surface area contributed by atoms with Gasteiger partial charge in [0.15, 0.2) is 0 Å². The fourth-order valence-corrected chi connectivity index (χ4v) is 6.52. The lowest BCUT2D eigenvalue weighted by Gasteiger charge is -2.21. The fraction of sp³-hybridized carbons (Fsp3) is 0.382. The van der Waals surface area contributed by atoms with Crippen LogP contribution in [-0.2, 0) is 0 Å². The van der Waals surface area contributed by atoms with Gasteiger partial charge in [0.25, 0.3) is 5.91 Å². The van der Waals surface area contributed by atoms with Crippen LogP contribution in [0.5, 0.6) is 0 Å². The van der Waals surface area contributed by atoms with E-state index in [9.17, 15) is 4.79 Å². The molecule has 0 aliphatic heterocycles. The Kier molecular flexibility index (Phi) is 8.30. The number of fused-ring (bicyclic) bond motifs is 2. The number of nitrogens with one attached hydrogen (secondary N) is 1. The van der Waals surface area contributed by atoms with Crippen LogP contribution in [0.15, 0.2) is 65.1 Å². The van der Waals surface area contributed by atoms with Crippen LogP contribution in [0.1, 0.15) is 88.4 Å². The summed E-state index contributed by atoms with van der Waals surface area (Å²) in [6.45, 7) is 4.50. The van der Waals surface area contributed by atoms with Crippen molar-refractivity contribution >= 4 is 64.9 Å². The summed E-state index contributed by atoms with van der Waals surface area (Å²) in [5, 5.41) is 13.1. The molecule has 1 amide bonds. The number of halogens is 1. The van der Waals surface area contributed by atoms with Gasteiger partial charge in [0, 0.05) is 16.1 Å². The van der Waals surface area contributed by atoms with Crippen LogP contribution in [0, 0.1) is 0 Å². The highest BCUT2D eigenvalue weighted by Gasteiger charge is 2.20. The number of hydrogen-bond acceptors (Lipinski definition) is 1. The van der Waals surface area contributed by atoms with Crippen molar-refractivity contribution in [3.05, 3.63) is 70.7 Å². The molecule has 0 saturated carbocycles. The monoisotopic (exact) mass is 555 g/mol. The van der Waals surface area contributed by atoms with E-state index in [-0.39, 0.29) is 11.9 Å². The van der Waals surface area contributed by atoms with Gasteiger partial charge in [0.1, 0.15) is 0 Å². The maximum absolute atomic E-state index is 13.7. The van der Waals surface area contributed by atoms with Gasteiger partial charge in [-0.25, -0.2) is 0 Å². The van der Waals surface area contributed by atoms with Gasteiger partial charge < -0.3 is 5.32 Å². The number of hydrogen-bond donors (Lipinski definition) is 1. The van der Waals surface area contributed by atoms with Crippen LogP contribution < -0.4 is 5.32 Å². The van der Waals surface area contributed by atoms with Gasteiger partial charge in [-0.2, -0.15) is 0 Å². The van der Waals surface area contributed by atoms with Crippen molar-refractivity contribution in [1.29, 1.82) is 0 Å². The third kappa shape index (κ3) is 5.21. The molecular formula is C34H38BrNO. The van der Waals surface area contributed by atoms with Crippen LogP contribution in [-0.4, -0.2) is 11.9 Å². The van der Waals surface area contributed by atoms with Crippen LogP contribution >= 0.6 is 15.9 Å². The number of benzene rings is 5. The average molecular weight is 557 g/mol. The summed E-state index contributed by atoms with van der Waals surface area (Å²) in [5.74, 6) is 0.0690. The number of carbonyl (C=O) groups excluding carboxylic acids is 1. The molecule has 0 aliphatic carbocycles. The quantitative estimate of drug-likeness (QED) is 0.0924. The molecule has 3 heteroatoms. The van der Waals surface area contributed by atoms with Crippen molar-refractivity contribution < 1.29 is 4.79 Å². The van der Waals surface area contributed by atoms with E-state index in [1.54, 1.807) is 0 Å². The molecule has 0 atom stereocenters. The van der Waals surface area contributed by atoms with Gasteiger partial charge in [-0.3, -0.25) is 4.79 Å². The molecule has 2 nitrogen and oxygen atoms in total. The normalized spacial score (nSPS) is 12.0. The molecule has 37 heavy (non-hydrogen) atoms. The Morgan fingerprint density at radius 3 is 1.78 bits per heavy atom. The van der Waals surface area contributed by atoms with Crippen molar-refractivity contribution in [3.8, 4) is 0 Å². The Morgan fingerprint density at radius 1 is 0.649 bits per heavy atom. The zero-order valence-corrected chi connectivity index (χ0v) is 23.8. The van der Waals surface area contributed by atoms with Crippen molar-refractivity contribution in [1.82, 2.24) is 5.32 Å². The fourth-order valence-electron chi connectivity index (χ4n) is 6.06. The van der Waals surface area contributed by atoms with E-state index in [4.69, 9.17) is 0 Å². The van der Waals surface area contributed by atoms with Crippen LogP contribution in [0.3, 0.4) is 0 Å². The largest absolute Gasteiger partial charge is 0.349 e. The molecule has 0 aliphatic rings. The molecule has 0 radical (unpaired) electrons. The molecule has 0 aromatic heterocycles. The zero-order valence-electron chi connectivity index (χ0n) is 22.2. The molecule has 1 N–H and O–H groups in total. The third-order valence-electron chi connectivity index (χ3n) is 8.00. The van der Waals surface area contributed by atoms with E-state index in [1.807, 2.05) is 6.07 Å². The predicted molar refractivity (Wildman–Crippen MR) is 164 cm³/mol. The van der Waals surface area contributed by atoms with Gasteiger partial charge in [-0.1, -0.05) is 130 Å². The molecule has 0 saturated heterocycles. The lowest BCUT2D eigenvalue weighted by molar-refractivity contribution is 0.0933.